The molecular weight excluding hydrogens is 525 g/mol. The minimum Gasteiger partial charge on any atom is -0.493 e. The monoisotopic (exact) mass is 555 g/mol. The number of alkyl halides is 1. The molecule has 3 rings (SSSR count). The zero-order valence-corrected chi connectivity index (χ0v) is 20.7. The number of fused-ring (bicyclic) bond motifs is 1. The summed E-state index contributed by atoms with van der Waals surface area (Å²) in [7, 11) is 3.32. The molecule has 0 atom stereocenters. The molecule has 1 N–H and O–H groups in total. The summed E-state index contributed by atoms with van der Waals surface area (Å²) < 4.78 is 29.6. The van der Waals surface area contributed by atoms with E-state index in [9.17, 15) is 9.18 Å². The normalized spacial score (nSPS) is 13.4. The number of benzene rings is 2. The zero-order chi connectivity index (χ0) is 22.9. The molecule has 1 amide bonds. The van der Waals surface area contributed by atoms with Crippen molar-refractivity contribution in [1.82, 2.24) is 10.2 Å². The molecule has 1 aliphatic rings. The maximum absolute atomic E-state index is 12.6. The minimum absolute atomic E-state index is 0.0571. The van der Waals surface area contributed by atoms with Gasteiger partial charge in [-0.25, -0.2) is 4.39 Å². The van der Waals surface area contributed by atoms with Crippen LogP contribution in [-0.2, 0) is 13.0 Å². The molecule has 2 aromatic rings. The molecule has 0 unspecified atom stereocenters. The number of halogens is 2. The Morgan fingerprint density at radius 1 is 1.09 bits per heavy atom. The van der Waals surface area contributed by atoms with Crippen molar-refractivity contribution in [3.05, 3.63) is 50.6 Å². The van der Waals surface area contributed by atoms with E-state index in [2.05, 4.69) is 44.9 Å². The molecule has 0 fully saturated rings. The standard InChI is InChI=1S/C24H30FIN2O4/c1-30-22-13-17-7-11-28(16-18(17)14-23(22)31-2)10-4-3-9-27-24(29)20-15-19(26)5-6-21(20)32-12-8-25/h5-6,13-15H,3-4,7-12,16H2,1-2H3,(H,27,29)/i25-1. The van der Waals surface area contributed by atoms with Gasteiger partial charge >= 0.3 is 0 Å². The van der Waals surface area contributed by atoms with Crippen LogP contribution in [0.5, 0.6) is 17.2 Å². The topological polar surface area (TPSA) is 60.0 Å². The Balaban J connectivity index is 1.45. The third kappa shape index (κ3) is 6.48. The van der Waals surface area contributed by atoms with Crippen LogP contribution in [0.4, 0.5) is 4.39 Å². The summed E-state index contributed by atoms with van der Waals surface area (Å²) in [4.78, 5) is 15.0. The third-order valence-electron chi connectivity index (χ3n) is 5.50. The van der Waals surface area contributed by atoms with Gasteiger partial charge in [0.1, 0.15) is 19.0 Å². The van der Waals surface area contributed by atoms with Gasteiger partial charge in [0.15, 0.2) is 11.5 Å². The first-order valence-electron chi connectivity index (χ1n) is 10.8. The van der Waals surface area contributed by atoms with E-state index >= 15 is 0 Å². The van der Waals surface area contributed by atoms with Crippen LogP contribution in [-0.4, -0.2) is 57.9 Å². The van der Waals surface area contributed by atoms with Crippen molar-refractivity contribution >= 4 is 28.5 Å². The fraction of sp³-hybridized carbons (Fsp3) is 0.458. The van der Waals surface area contributed by atoms with E-state index in [0.29, 0.717) is 17.9 Å². The average Bonchev–Trinajstić information content (AvgIpc) is 2.81. The number of nitrogens with zero attached hydrogens (tertiary/aromatic N) is 1. The van der Waals surface area contributed by atoms with Crippen molar-refractivity contribution in [3.63, 3.8) is 0 Å². The molecule has 0 spiro atoms. The van der Waals surface area contributed by atoms with Gasteiger partial charge in [0.2, 0.25) is 0 Å². The van der Waals surface area contributed by atoms with Crippen molar-refractivity contribution < 1.29 is 23.4 Å². The van der Waals surface area contributed by atoms with Crippen molar-refractivity contribution in [2.75, 3.05) is 47.1 Å². The quantitative estimate of drug-likeness (QED) is 0.333. The van der Waals surface area contributed by atoms with Crippen molar-refractivity contribution in [2.24, 2.45) is 0 Å². The fourth-order valence-corrected chi connectivity index (χ4v) is 4.34. The largest absolute Gasteiger partial charge is 0.493 e. The third-order valence-corrected chi connectivity index (χ3v) is 6.18. The maximum Gasteiger partial charge on any atom is 0.255 e. The lowest BCUT2D eigenvalue weighted by Crippen LogP contribution is -2.32. The Hall–Kier alpha value is -2.07. The van der Waals surface area contributed by atoms with E-state index in [0.717, 1.165) is 54.0 Å². The number of carbonyl (C=O) groups is 1. The SMILES string of the molecule is COc1cc2c(cc1OC)CN(CCCCNC(=O)c1cc(I)ccc1OCC[18F])CC2. The van der Waals surface area contributed by atoms with Crippen LogP contribution in [0.2, 0.25) is 0 Å². The smallest absolute Gasteiger partial charge is 0.255 e. The number of hydrogen-bond donors (Lipinski definition) is 1. The van der Waals surface area contributed by atoms with Crippen molar-refractivity contribution in [2.45, 2.75) is 25.8 Å². The highest BCUT2D eigenvalue weighted by Gasteiger charge is 2.19. The molecule has 0 bridgehead atoms. The first kappa shape index (κ1) is 24.6. The zero-order valence-electron chi connectivity index (χ0n) is 18.6. The van der Waals surface area contributed by atoms with Crippen LogP contribution < -0.4 is 19.5 Å². The molecule has 0 aliphatic carbocycles. The second kappa shape index (κ2) is 12.2. The van der Waals surface area contributed by atoms with E-state index in [1.54, 1.807) is 26.4 Å². The van der Waals surface area contributed by atoms with E-state index < -0.39 is 6.67 Å². The number of rotatable bonds is 11. The lowest BCUT2D eigenvalue weighted by molar-refractivity contribution is 0.0947. The van der Waals surface area contributed by atoms with Crippen LogP contribution in [0.1, 0.15) is 34.3 Å². The summed E-state index contributed by atoms with van der Waals surface area (Å²) in [5, 5.41) is 2.96. The summed E-state index contributed by atoms with van der Waals surface area (Å²) in [5.74, 6) is 1.77. The second-order valence-corrected chi connectivity index (χ2v) is 8.89. The fourth-order valence-electron chi connectivity index (χ4n) is 3.84. The molecule has 1 aliphatic heterocycles. The Labute approximate surface area is 202 Å². The summed E-state index contributed by atoms with van der Waals surface area (Å²) >= 11 is 2.15. The van der Waals surface area contributed by atoms with Gasteiger partial charge in [0.25, 0.3) is 5.91 Å². The number of nitrogens with one attached hydrogen (secondary N) is 1. The summed E-state index contributed by atoms with van der Waals surface area (Å²) in [6, 6.07) is 9.47. The van der Waals surface area contributed by atoms with Gasteiger partial charge < -0.3 is 19.5 Å². The number of hydrogen-bond acceptors (Lipinski definition) is 5. The van der Waals surface area contributed by atoms with Gasteiger partial charge in [-0.3, -0.25) is 9.69 Å². The highest BCUT2D eigenvalue weighted by atomic mass is 127. The van der Waals surface area contributed by atoms with Gasteiger partial charge in [0, 0.05) is 23.2 Å². The summed E-state index contributed by atoms with van der Waals surface area (Å²) in [6.07, 6.45) is 2.85. The van der Waals surface area contributed by atoms with Gasteiger partial charge in [-0.05, 0) is 89.9 Å². The van der Waals surface area contributed by atoms with Crippen LogP contribution in [0.25, 0.3) is 0 Å². The minimum atomic E-state index is -0.589. The molecule has 0 radical (unpaired) electrons. The lowest BCUT2D eigenvalue weighted by atomic mass is 9.98. The van der Waals surface area contributed by atoms with E-state index in [1.165, 1.54) is 11.1 Å². The Kier molecular flexibility index (Phi) is 9.40. The number of methoxy groups -OCH3 is 2. The first-order valence-corrected chi connectivity index (χ1v) is 11.9. The van der Waals surface area contributed by atoms with E-state index in [1.807, 2.05) is 6.07 Å². The number of unbranched alkanes of at least 4 members (excludes halogenated alkanes) is 1. The van der Waals surface area contributed by atoms with Crippen molar-refractivity contribution in [3.8, 4) is 17.2 Å². The number of carbonyl (C=O) groups excluding carboxylic acids is 1. The molecule has 2 aromatic carbocycles. The molecular formula is C24H30FIN2O4. The van der Waals surface area contributed by atoms with Crippen LogP contribution in [0.15, 0.2) is 30.3 Å². The Morgan fingerprint density at radius 2 is 1.84 bits per heavy atom. The first-order chi connectivity index (χ1) is 15.5. The molecule has 0 saturated carbocycles. The Morgan fingerprint density at radius 3 is 2.56 bits per heavy atom. The second-order valence-electron chi connectivity index (χ2n) is 7.64. The summed E-state index contributed by atoms with van der Waals surface area (Å²) in [5.41, 5.74) is 3.04. The highest BCUT2D eigenvalue weighted by molar-refractivity contribution is 14.1. The maximum atomic E-state index is 12.6. The molecule has 8 heteroatoms. The number of amides is 1. The van der Waals surface area contributed by atoms with Crippen LogP contribution >= 0.6 is 22.6 Å². The molecule has 0 aromatic heterocycles. The molecule has 174 valence electrons. The highest BCUT2D eigenvalue weighted by Crippen LogP contribution is 2.33. The predicted octanol–water partition coefficient (Wildman–Crippen LogP) is 4.23. The molecule has 1 heterocycles. The predicted molar refractivity (Wildman–Crippen MR) is 131 cm³/mol. The lowest BCUT2D eigenvalue weighted by Gasteiger charge is -2.29. The molecule has 32 heavy (non-hydrogen) atoms. The molecule has 6 nitrogen and oxygen atoms in total. The van der Waals surface area contributed by atoms with Crippen molar-refractivity contribution in [1.29, 1.82) is 0 Å². The average molecular weight is 555 g/mol. The van der Waals surface area contributed by atoms with E-state index in [-0.39, 0.29) is 12.5 Å². The van der Waals surface area contributed by atoms with E-state index in [4.69, 9.17) is 14.2 Å². The van der Waals surface area contributed by atoms with Crippen LogP contribution in [0, 0.1) is 3.57 Å². The van der Waals surface area contributed by atoms with Gasteiger partial charge in [-0.1, -0.05) is 0 Å². The number of ether oxygens (including phenoxy) is 3. The van der Waals surface area contributed by atoms with Gasteiger partial charge in [-0.2, -0.15) is 0 Å². The van der Waals surface area contributed by atoms with Gasteiger partial charge in [-0.15, -0.1) is 0 Å². The van der Waals surface area contributed by atoms with Gasteiger partial charge in [0.05, 0.1) is 19.8 Å². The molecule has 0 saturated heterocycles. The summed E-state index contributed by atoms with van der Waals surface area (Å²) in [6.45, 7) is 2.80. The van der Waals surface area contributed by atoms with Crippen LogP contribution in [0.3, 0.4) is 0 Å². The Bertz CT molecular complexity index is 925.